The number of terminal acetylenes is 1. The van der Waals surface area contributed by atoms with Gasteiger partial charge in [-0.3, -0.25) is 10.1 Å². The molecule has 0 heterocycles. The molecule has 17 heavy (non-hydrogen) atoms. The fraction of sp³-hybridized carbons (Fsp3) is 0.667. The molecule has 0 aromatic rings. The molecule has 0 aliphatic carbocycles. The predicted octanol–water partition coefficient (Wildman–Crippen LogP) is 0.691. The number of hydrogen-bond donors (Lipinski definition) is 2. The standard InChI is InChI=1S/C12H20N2O3/c1-6-7-13-8-10(15)9(2)14-11(16)17-12(3,4)5/h1,9,13H,7-8H2,2-5H3,(H,14,16)/t9-/m0/s1. The van der Waals surface area contributed by atoms with E-state index in [-0.39, 0.29) is 12.3 Å². The number of carbonyl (C=O) groups is 2. The molecule has 0 rings (SSSR count). The normalized spacial score (nSPS) is 12.4. The molecular formula is C12H20N2O3. The van der Waals surface area contributed by atoms with Crippen LogP contribution in [0.25, 0.3) is 0 Å². The average molecular weight is 240 g/mol. The van der Waals surface area contributed by atoms with Crippen LogP contribution in [0.2, 0.25) is 0 Å². The number of ether oxygens (including phenoxy) is 1. The smallest absolute Gasteiger partial charge is 0.408 e. The molecule has 2 N–H and O–H groups in total. The number of hydrogen-bond acceptors (Lipinski definition) is 4. The Hall–Kier alpha value is -1.54. The van der Waals surface area contributed by atoms with Crippen LogP contribution >= 0.6 is 0 Å². The highest BCUT2D eigenvalue weighted by atomic mass is 16.6. The summed E-state index contributed by atoms with van der Waals surface area (Å²) in [6.07, 6.45) is 4.43. The van der Waals surface area contributed by atoms with Crippen LogP contribution in [0.4, 0.5) is 4.79 Å². The monoisotopic (exact) mass is 240 g/mol. The van der Waals surface area contributed by atoms with E-state index in [0.717, 1.165) is 0 Å². The molecule has 96 valence electrons. The summed E-state index contributed by atoms with van der Waals surface area (Å²) in [5.74, 6) is 2.21. The largest absolute Gasteiger partial charge is 0.444 e. The summed E-state index contributed by atoms with van der Waals surface area (Å²) in [4.78, 5) is 22.9. The molecule has 0 aliphatic rings. The van der Waals surface area contributed by atoms with Crippen molar-refractivity contribution in [2.24, 2.45) is 0 Å². The molecule has 0 aromatic heterocycles. The first kappa shape index (κ1) is 15.5. The van der Waals surface area contributed by atoms with Gasteiger partial charge < -0.3 is 10.1 Å². The average Bonchev–Trinajstić information content (AvgIpc) is 2.14. The highest BCUT2D eigenvalue weighted by molar-refractivity contribution is 5.88. The van der Waals surface area contributed by atoms with E-state index in [0.29, 0.717) is 6.54 Å². The van der Waals surface area contributed by atoms with Crippen LogP contribution in [-0.2, 0) is 9.53 Å². The van der Waals surface area contributed by atoms with Gasteiger partial charge in [-0.2, -0.15) is 0 Å². The highest BCUT2D eigenvalue weighted by Crippen LogP contribution is 2.06. The number of carbonyl (C=O) groups excluding carboxylic acids is 2. The molecule has 0 radical (unpaired) electrons. The van der Waals surface area contributed by atoms with E-state index in [1.165, 1.54) is 0 Å². The number of Topliss-reactive ketones (excluding diaryl/α,β-unsaturated/α-hetero) is 1. The first-order valence-electron chi connectivity index (χ1n) is 5.42. The van der Waals surface area contributed by atoms with Gasteiger partial charge in [-0.15, -0.1) is 6.42 Å². The number of rotatable bonds is 5. The fourth-order valence-electron chi connectivity index (χ4n) is 0.976. The third-order valence-electron chi connectivity index (χ3n) is 1.74. The van der Waals surface area contributed by atoms with Gasteiger partial charge in [-0.1, -0.05) is 5.92 Å². The lowest BCUT2D eigenvalue weighted by molar-refractivity contribution is -0.119. The fourth-order valence-corrected chi connectivity index (χ4v) is 0.976. The molecule has 0 aliphatic heterocycles. The maximum Gasteiger partial charge on any atom is 0.408 e. The first-order valence-corrected chi connectivity index (χ1v) is 5.42. The van der Waals surface area contributed by atoms with Crippen molar-refractivity contribution < 1.29 is 14.3 Å². The molecular weight excluding hydrogens is 220 g/mol. The van der Waals surface area contributed by atoms with Crippen LogP contribution < -0.4 is 10.6 Å². The van der Waals surface area contributed by atoms with Gasteiger partial charge in [0.05, 0.1) is 19.1 Å². The topological polar surface area (TPSA) is 67.4 Å². The van der Waals surface area contributed by atoms with E-state index in [9.17, 15) is 9.59 Å². The summed E-state index contributed by atoms with van der Waals surface area (Å²) < 4.78 is 5.03. The Morgan fingerprint density at radius 3 is 2.47 bits per heavy atom. The molecule has 0 saturated heterocycles. The van der Waals surface area contributed by atoms with E-state index < -0.39 is 17.7 Å². The van der Waals surface area contributed by atoms with Gasteiger partial charge in [0, 0.05) is 0 Å². The van der Waals surface area contributed by atoms with E-state index >= 15 is 0 Å². The Balaban J connectivity index is 4.00. The zero-order valence-corrected chi connectivity index (χ0v) is 10.8. The summed E-state index contributed by atoms with van der Waals surface area (Å²) in [5.41, 5.74) is -0.575. The summed E-state index contributed by atoms with van der Waals surface area (Å²) in [5, 5.41) is 5.22. The van der Waals surface area contributed by atoms with Gasteiger partial charge in [-0.25, -0.2) is 4.79 Å². The van der Waals surface area contributed by atoms with Gasteiger partial charge in [0.1, 0.15) is 5.60 Å². The minimum absolute atomic E-state index is 0.126. The van der Waals surface area contributed by atoms with E-state index in [1.807, 2.05) is 0 Å². The molecule has 1 amide bonds. The van der Waals surface area contributed by atoms with Gasteiger partial charge in [0.25, 0.3) is 0 Å². The maximum absolute atomic E-state index is 11.5. The van der Waals surface area contributed by atoms with Crippen LogP contribution in [0.5, 0.6) is 0 Å². The van der Waals surface area contributed by atoms with Crippen molar-refractivity contribution in [2.45, 2.75) is 39.3 Å². The molecule has 0 spiro atoms. The summed E-state index contributed by atoms with van der Waals surface area (Å²) in [6, 6.07) is -0.602. The predicted molar refractivity (Wildman–Crippen MR) is 65.5 cm³/mol. The minimum atomic E-state index is -0.602. The highest BCUT2D eigenvalue weighted by Gasteiger charge is 2.20. The second-order valence-electron chi connectivity index (χ2n) is 4.64. The lowest BCUT2D eigenvalue weighted by Gasteiger charge is -2.21. The van der Waals surface area contributed by atoms with E-state index in [1.54, 1.807) is 27.7 Å². The Labute approximate surface area is 102 Å². The lowest BCUT2D eigenvalue weighted by atomic mass is 10.2. The quantitative estimate of drug-likeness (QED) is 0.548. The van der Waals surface area contributed by atoms with Gasteiger partial charge in [0.2, 0.25) is 0 Å². The van der Waals surface area contributed by atoms with Crippen molar-refractivity contribution in [2.75, 3.05) is 13.1 Å². The molecule has 5 heteroatoms. The number of alkyl carbamates (subject to hydrolysis) is 1. The molecule has 1 atom stereocenters. The summed E-state index contributed by atoms with van der Waals surface area (Å²) >= 11 is 0. The Morgan fingerprint density at radius 1 is 1.41 bits per heavy atom. The molecule has 5 nitrogen and oxygen atoms in total. The third kappa shape index (κ3) is 8.29. The Bertz CT molecular complexity index is 313. The number of ketones is 1. The van der Waals surface area contributed by atoms with Crippen molar-refractivity contribution in [3.8, 4) is 12.3 Å². The SMILES string of the molecule is C#CCNCC(=O)[C@H](C)NC(=O)OC(C)(C)C. The van der Waals surface area contributed by atoms with Crippen LogP contribution in [0.15, 0.2) is 0 Å². The van der Waals surface area contributed by atoms with Crippen molar-refractivity contribution >= 4 is 11.9 Å². The summed E-state index contributed by atoms with van der Waals surface area (Å²) in [7, 11) is 0. The molecule has 0 unspecified atom stereocenters. The van der Waals surface area contributed by atoms with Gasteiger partial charge >= 0.3 is 6.09 Å². The van der Waals surface area contributed by atoms with Crippen molar-refractivity contribution in [3.63, 3.8) is 0 Å². The number of amides is 1. The van der Waals surface area contributed by atoms with Crippen molar-refractivity contribution in [3.05, 3.63) is 0 Å². The number of nitrogens with one attached hydrogen (secondary N) is 2. The van der Waals surface area contributed by atoms with Crippen LogP contribution in [0.1, 0.15) is 27.7 Å². The molecule has 0 fully saturated rings. The third-order valence-corrected chi connectivity index (χ3v) is 1.74. The second kappa shape index (κ2) is 6.92. The van der Waals surface area contributed by atoms with Crippen LogP contribution in [0.3, 0.4) is 0 Å². The first-order chi connectivity index (χ1) is 7.76. The minimum Gasteiger partial charge on any atom is -0.444 e. The summed E-state index contributed by atoms with van der Waals surface area (Å²) in [6.45, 7) is 7.32. The van der Waals surface area contributed by atoms with Crippen molar-refractivity contribution in [1.29, 1.82) is 0 Å². The molecule has 0 saturated carbocycles. The van der Waals surface area contributed by atoms with E-state index in [4.69, 9.17) is 11.2 Å². The van der Waals surface area contributed by atoms with Gasteiger partial charge in [0.15, 0.2) is 5.78 Å². The molecule has 0 aromatic carbocycles. The maximum atomic E-state index is 11.5. The van der Waals surface area contributed by atoms with E-state index in [2.05, 4.69) is 16.6 Å². The lowest BCUT2D eigenvalue weighted by Crippen LogP contribution is -2.44. The zero-order valence-electron chi connectivity index (χ0n) is 10.8. The van der Waals surface area contributed by atoms with Crippen LogP contribution in [-0.4, -0.2) is 36.6 Å². The zero-order chi connectivity index (χ0) is 13.5. The Morgan fingerprint density at radius 2 is 2.00 bits per heavy atom. The Kier molecular flexibility index (Phi) is 6.29. The second-order valence-corrected chi connectivity index (χ2v) is 4.64. The van der Waals surface area contributed by atoms with Gasteiger partial charge in [-0.05, 0) is 27.7 Å². The molecule has 0 bridgehead atoms. The van der Waals surface area contributed by atoms with Crippen LogP contribution in [0, 0.1) is 12.3 Å². The van der Waals surface area contributed by atoms with Crippen molar-refractivity contribution in [1.82, 2.24) is 10.6 Å².